The molecule has 8 rings (SSSR count). The lowest BCUT2D eigenvalue weighted by molar-refractivity contribution is 0.135. The standard InChI is InChI=1S/C31H27N9/c1-2-6-21(7-3-1)25-19-40-31(35-29(38-40)23-13-14-23)33-27(25)22-11-9-20(10-12-22)16-39-17-24(18-39)28-34-30(37-36-28)26-8-4-5-15-32-26/h1-12,15,19,23-24H,13-14,16-18H2,(H,34,36,37). The minimum absolute atomic E-state index is 0.334. The van der Waals surface area contributed by atoms with Crippen molar-refractivity contribution in [2.45, 2.75) is 31.2 Å². The van der Waals surface area contributed by atoms with Crippen molar-refractivity contribution in [3.63, 3.8) is 0 Å². The van der Waals surface area contributed by atoms with Gasteiger partial charge in [0.1, 0.15) is 5.69 Å². The average Bonchev–Trinajstić information content (AvgIpc) is 3.57. The Bertz CT molecular complexity index is 1780. The van der Waals surface area contributed by atoms with Gasteiger partial charge in [-0.25, -0.2) is 14.5 Å². The summed E-state index contributed by atoms with van der Waals surface area (Å²) in [6, 6.07) is 24.9. The molecule has 1 aliphatic carbocycles. The molecule has 0 atom stereocenters. The molecule has 2 aromatic carbocycles. The fourth-order valence-corrected chi connectivity index (χ4v) is 5.36. The molecule has 1 aliphatic heterocycles. The fraction of sp³-hybridized carbons (Fsp3) is 0.226. The number of pyridine rings is 1. The van der Waals surface area contributed by atoms with Crippen molar-refractivity contribution in [3.05, 3.63) is 102 Å². The summed E-state index contributed by atoms with van der Waals surface area (Å²) in [4.78, 5) is 21.2. The van der Waals surface area contributed by atoms with Crippen molar-refractivity contribution in [3.8, 4) is 33.9 Å². The first kappa shape index (κ1) is 23.2. The third-order valence-electron chi connectivity index (χ3n) is 7.74. The Labute approximate surface area is 231 Å². The first-order valence-electron chi connectivity index (χ1n) is 13.7. The molecule has 2 aliphatic rings. The number of likely N-dealkylation sites (tertiary alicyclic amines) is 1. The summed E-state index contributed by atoms with van der Waals surface area (Å²) in [7, 11) is 0. The molecule has 9 nitrogen and oxygen atoms in total. The monoisotopic (exact) mass is 525 g/mol. The minimum Gasteiger partial charge on any atom is -0.298 e. The predicted molar refractivity (Wildman–Crippen MR) is 151 cm³/mol. The van der Waals surface area contributed by atoms with Crippen LogP contribution in [0.4, 0.5) is 0 Å². The molecule has 0 bridgehead atoms. The summed E-state index contributed by atoms with van der Waals surface area (Å²) in [6.45, 7) is 2.77. The Morgan fingerprint density at radius 2 is 1.60 bits per heavy atom. The largest absolute Gasteiger partial charge is 0.298 e. The van der Waals surface area contributed by atoms with E-state index in [1.165, 1.54) is 18.4 Å². The van der Waals surface area contributed by atoms with E-state index in [0.717, 1.165) is 65.2 Å². The molecule has 0 unspecified atom stereocenters. The van der Waals surface area contributed by atoms with E-state index in [1.54, 1.807) is 6.20 Å². The normalized spacial score (nSPS) is 15.9. The molecular formula is C31H27N9. The zero-order valence-corrected chi connectivity index (χ0v) is 21.9. The number of H-pyrrole nitrogens is 1. The Hall–Kier alpha value is -4.76. The lowest BCUT2D eigenvalue weighted by Crippen LogP contribution is -2.44. The predicted octanol–water partition coefficient (Wildman–Crippen LogP) is 5.12. The second-order valence-electron chi connectivity index (χ2n) is 10.7. The highest BCUT2D eigenvalue weighted by Crippen LogP contribution is 2.39. The van der Waals surface area contributed by atoms with Crippen molar-refractivity contribution < 1.29 is 0 Å². The molecule has 196 valence electrons. The van der Waals surface area contributed by atoms with Crippen LogP contribution in [0.1, 0.15) is 41.9 Å². The summed E-state index contributed by atoms with van der Waals surface area (Å²) >= 11 is 0. The van der Waals surface area contributed by atoms with Gasteiger partial charge in [-0.05, 0) is 36.1 Å². The highest BCUT2D eigenvalue weighted by Gasteiger charge is 2.31. The second-order valence-corrected chi connectivity index (χ2v) is 10.7. The van der Waals surface area contributed by atoms with Gasteiger partial charge in [0.05, 0.1) is 5.69 Å². The number of nitrogens with one attached hydrogen (secondary N) is 1. The van der Waals surface area contributed by atoms with E-state index in [4.69, 9.17) is 15.1 Å². The van der Waals surface area contributed by atoms with Gasteiger partial charge in [-0.15, -0.1) is 5.10 Å². The molecule has 1 saturated heterocycles. The first-order chi connectivity index (χ1) is 19.8. The van der Waals surface area contributed by atoms with E-state index in [1.807, 2.05) is 28.8 Å². The second kappa shape index (κ2) is 9.46. The molecule has 5 heterocycles. The van der Waals surface area contributed by atoms with Crippen molar-refractivity contribution in [1.82, 2.24) is 44.6 Å². The summed E-state index contributed by atoms with van der Waals surface area (Å²) < 4.78 is 1.83. The minimum atomic E-state index is 0.334. The third kappa shape index (κ3) is 4.34. The van der Waals surface area contributed by atoms with Crippen LogP contribution in [-0.2, 0) is 6.54 Å². The summed E-state index contributed by atoms with van der Waals surface area (Å²) in [6.07, 6.45) is 6.17. The van der Waals surface area contributed by atoms with Gasteiger partial charge in [0.25, 0.3) is 5.78 Å². The van der Waals surface area contributed by atoms with Crippen LogP contribution in [0, 0.1) is 0 Å². The third-order valence-corrected chi connectivity index (χ3v) is 7.74. The molecule has 0 radical (unpaired) electrons. The fourth-order valence-electron chi connectivity index (χ4n) is 5.36. The van der Waals surface area contributed by atoms with Crippen molar-refractivity contribution >= 4 is 5.78 Å². The smallest absolute Gasteiger partial charge is 0.253 e. The zero-order chi connectivity index (χ0) is 26.5. The maximum Gasteiger partial charge on any atom is 0.253 e. The van der Waals surface area contributed by atoms with Crippen LogP contribution in [0.5, 0.6) is 0 Å². The van der Waals surface area contributed by atoms with E-state index in [0.29, 0.717) is 17.6 Å². The van der Waals surface area contributed by atoms with E-state index >= 15 is 0 Å². The highest BCUT2D eigenvalue weighted by atomic mass is 15.3. The first-order valence-corrected chi connectivity index (χ1v) is 13.7. The number of fused-ring (bicyclic) bond motifs is 1. The van der Waals surface area contributed by atoms with E-state index in [2.05, 4.69) is 79.8 Å². The molecule has 1 saturated carbocycles. The Morgan fingerprint density at radius 1 is 0.775 bits per heavy atom. The molecule has 0 amide bonds. The maximum absolute atomic E-state index is 5.00. The van der Waals surface area contributed by atoms with Crippen molar-refractivity contribution in [2.75, 3.05) is 13.1 Å². The van der Waals surface area contributed by atoms with Gasteiger partial charge in [-0.2, -0.15) is 10.1 Å². The number of benzene rings is 2. The molecule has 6 aromatic rings. The SMILES string of the molecule is c1ccc(-c2cn3nc(C4CC4)nc3nc2-c2ccc(CN3CC(c4n[nH]c(-c5ccccn5)n4)C3)cc2)cc1. The van der Waals surface area contributed by atoms with Gasteiger partial charge in [-0.1, -0.05) is 60.7 Å². The maximum atomic E-state index is 5.00. The van der Waals surface area contributed by atoms with E-state index < -0.39 is 0 Å². The molecule has 4 aromatic heterocycles. The Balaban J connectivity index is 0.998. The zero-order valence-electron chi connectivity index (χ0n) is 21.9. The van der Waals surface area contributed by atoms with Crippen LogP contribution in [0.2, 0.25) is 0 Å². The number of rotatable bonds is 7. The molecular weight excluding hydrogens is 498 g/mol. The van der Waals surface area contributed by atoms with Gasteiger partial charge in [0.15, 0.2) is 17.5 Å². The van der Waals surface area contributed by atoms with Crippen molar-refractivity contribution in [1.29, 1.82) is 0 Å². The van der Waals surface area contributed by atoms with Gasteiger partial charge < -0.3 is 0 Å². The number of nitrogens with zero attached hydrogens (tertiary/aromatic N) is 8. The lowest BCUT2D eigenvalue weighted by atomic mass is 9.97. The van der Waals surface area contributed by atoms with Crippen LogP contribution in [0.3, 0.4) is 0 Å². The number of aromatic amines is 1. The van der Waals surface area contributed by atoms with Gasteiger partial charge >= 0.3 is 0 Å². The van der Waals surface area contributed by atoms with Gasteiger partial charge in [0.2, 0.25) is 0 Å². The molecule has 2 fully saturated rings. The van der Waals surface area contributed by atoms with Crippen LogP contribution >= 0.6 is 0 Å². The molecule has 0 spiro atoms. The number of aromatic nitrogens is 8. The van der Waals surface area contributed by atoms with Gasteiger partial charge in [0, 0.05) is 55.0 Å². The lowest BCUT2D eigenvalue weighted by Gasteiger charge is -2.37. The quantitative estimate of drug-likeness (QED) is 0.309. The summed E-state index contributed by atoms with van der Waals surface area (Å²) in [5.74, 6) is 3.97. The van der Waals surface area contributed by atoms with Crippen LogP contribution in [0.15, 0.2) is 85.2 Å². The van der Waals surface area contributed by atoms with Crippen LogP contribution < -0.4 is 0 Å². The van der Waals surface area contributed by atoms with Crippen LogP contribution in [-0.4, -0.2) is 57.7 Å². The van der Waals surface area contributed by atoms with E-state index in [9.17, 15) is 0 Å². The van der Waals surface area contributed by atoms with Gasteiger partial charge in [-0.3, -0.25) is 15.0 Å². The summed E-state index contributed by atoms with van der Waals surface area (Å²) in [5.41, 5.74) is 6.25. The average molecular weight is 526 g/mol. The Kier molecular flexibility index (Phi) is 5.48. The summed E-state index contributed by atoms with van der Waals surface area (Å²) in [5, 5.41) is 12.2. The van der Waals surface area contributed by atoms with Crippen LogP contribution in [0.25, 0.3) is 39.7 Å². The van der Waals surface area contributed by atoms with Crippen molar-refractivity contribution in [2.24, 2.45) is 0 Å². The Morgan fingerprint density at radius 3 is 2.38 bits per heavy atom. The molecule has 9 heteroatoms. The topological polar surface area (TPSA) is 101 Å². The molecule has 1 N–H and O–H groups in total. The molecule has 40 heavy (non-hydrogen) atoms. The van der Waals surface area contributed by atoms with E-state index in [-0.39, 0.29) is 0 Å². The highest BCUT2D eigenvalue weighted by molar-refractivity contribution is 5.81. The number of hydrogen-bond acceptors (Lipinski definition) is 7. The number of hydrogen-bond donors (Lipinski definition) is 1.